The molecule has 0 bridgehead atoms. The van der Waals surface area contributed by atoms with Gasteiger partial charge in [0.2, 0.25) is 0 Å². The first kappa shape index (κ1) is 16.9. The largest absolute Gasteiger partial charge is 0.507 e. The van der Waals surface area contributed by atoms with Crippen molar-refractivity contribution in [2.45, 2.75) is 50.9 Å². The zero-order valence-electron chi connectivity index (χ0n) is 14.4. The average Bonchev–Trinajstić information content (AvgIpc) is 3.09. The molecule has 2 heterocycles. The molecule has 134 valence electrons. The van der Waals surface area contributed by atoms with Crippen molar-refractivity contribution in [2.75, 3.05) is 13.2 Å². The van der Waals surface area contributed by atoms with Crippen molar-refractivity contribution in [3.8, 4) is 0 Å². The van der Waals surface area contributed by atoms with Crippen molar-refractivity contribution in [3.63, 3.8) is 0 Å². The number of carbonyl (C=O) groups is 1. The summed E-state index contributed by atoms with van der Waals surface area (Å²) in [6, 6.07) is 3.58. The van der Waals surface area contributed by atoms with Gasteiger partial charge in [-0.2, -0.15) is 0 Å². The van der Waals surface area contributed by atoms with Gasteiger partial charge in [-0.3, -0.25) is 0 Å². The minimum Gasteiger partial charge on any atom is -0.507 e. The molecule has 3 aliphatic rings. The monoisotopic (exact) mass is 364 g/mol. The molecule has 0 unspecified atom stereocenters. The van der Waals surface area contributed by atoms with Crippen molar-refractivity contribution in [3.05, 3.63) is 39.6 Å². The Hall–Kier alpha value is -1.56. The van der Waals surface area contributed by atoms with Crippen LogP contribution in [0.15, 0.2) is 17.9 Å². The fourth-order valence-corrected chi connectivity index (χ4v) is 4.61. The summed E-state index contributed by atoms with van der Waals surface area (Å²) in [4.78, 5) is 12.6. The number of ether oxygens (including phenoxy) is 3. The molecule has 0 radical (unpaired) electrons. The highest BCUT2D eigenvalue weighted by molar-refractivity contribution is 6.31. The van der Waals surface area contributed by atoms with Crippen LogP contribution < -0.4 is 0 Å². The molecule has 4 rings (SSSR count). The first-order valence-corrected chi connectivity index (χ1v) is 8.96. The maximum Gasteiger partial charge on any atom is 0.343 e. The number of rotatable bonds is 1. The van der Waals surface area contributed by atoms with E-state index in [2.05, 4.69) is 0 Å². The fourth-order valence-electron chi connectivity index (χ4n) is 4.29. The molecule has 1 saturated carbocycles. The van der Waals surface area contributed by atoms with Crippen LogP contribution in [-0.2, 0) is 19.0 Å². The predicted molar refractivity (Wildman–Crippen MR) is 92.4 cm³/mol. The van der Waals surface area contributed by atoms with E-state index in [-0.39, 0.29) is 11.3 Å². The number of halogens is 1. The van der Waals surface area contributed by atoms with E-state index in [4.69, 9.17) is 25.8 Å². The summed E-state index contributed by atoms with van der Waals surface area (Å²) in [5.74, 6) is -1.03. The number of aliphatic hydroxyl groups is 1. The Morgan fingerprint density at radius 3 is 2.16 bits per heavy atom. The standard InChI is InChI=1S/C19H21ClO5/c1-11-9-13(20)10-12(2)14(11)15-16(21)18(25-17(15)22)3-5-19(6-4-18)23-7-8-24-19/h9-10,21H,3-8H2,1-2H3. The predicted octanol–water partition coefficient (Wildman–Crippen LogP) is 3.84. The molecule has 1 N–H and O–H groups in total. The maximum atomic E-state index is 12.6. The SMILES string of the molecule is Cc1cc(Cl)cc(C)c1C1=C(O)C2(CCC3(CC2)OCCO3)OC1=O. The quantitative estimate of drug-likeness (QED) is 0.767. The average molecular weight is 365 g/mol. The molecule has 6 heteroatoms. The molecule has 1 aliphatic carbocycles. The molecule has 0 aromatic heterocycles. The third kappa shape index (κ3) is 2.57. The first-order chi connectivity index (χ1) is 11.9. The maximum absolute atomic E-state index is 12.6. The molecular formula is C19H21ClO5. The Morgan fingerprint density at radius 2 is 1.60 bits per heavy atom. The summed E-state index contributed by atoms with van der Waals surface area (Å²) in [5, 5.41) is 11.6. The number of carbonyl (C=O) groups excluding carboxylic acids is 1. The summed E-state index contributed by atoms with van der Waals surface area (Å²) in [7, 11) is 0. The molecule has 1 aromatic carbocycles. The minimum atomic E-state index is -0.967. The molecule has 0 atom stereocenters. The zero-order chi connectivity index (χ0) is 17.8. The molecule has 1 aromatic rings. The Morgan fingerprint density at radius 1 is 1.04 bits per heavy atom. The molecule has 0 amide bonds. The Kier molecular flexibility index (Phi) is 3.87. The highest BCUT2D eigenvalue weighted by Gasteiger charge is 2.55. The van der Waals surface area contributed by atoms with Crippen molar-refractivity contribution in [1.82, 2.24) is 0 Å². The van der Waals surface area contributed by atoms with Crippen LogP contribution >= 0.6 is 11.6 Å². The van der Waals surface area contributed by atoms with Gasteiger partial charge < -0.3 is 19.3 Å². The van der Waals surface area contributed by atoms with E-state index in [1.54, 1.807) is 12.1 Å². The van der Waals surface area contributed by atoms with Gasteiger partial charge in [-0.05, 0) is 55.5 Å². The number of esters is 1. The van der Waals surface area contributed by atoms with E-state index in [0.29, 0.717) is 49.5 Å². The topological polar surface area (TPSA) is 65.0 Å². The lowest BCUT2D eigenvalue weighted by atomic mass is 9.79. The Bertz CT molecular complexity index is 743. The lowest BCUT2D eigenvalue weighted by Crippen LogP contribution is -2.45. The van der Waals surface area contributed by atoms with Gasteiger partial charge in [0, 0.05) is 17.9 Å². The van der Waals surface area contributed by atoms with E-state index >= 15 is 0 Å². The normalized spacial score (nSPS) is 24.4. The van der Waals surface area contributed by atoms with Gasteiger partial charge in [0.25, 0.3) is 0 Å². The summed E-state index contributed by atoms with van der Waals surface area (Å²) in [6.45, 7) is 4.93. The molecule has 2 spiro atoms. The summed E-state index contributed by atoms with van der Waals surface area (Å²) in [5.41, 5.74) is 1.68. The van der Waals surface area contributed by atoms with Gasteiger partial charge >= 0.3 is 5.97 Å². The van der Waals surface area contributed by atoms with E-state index in [1.165, 1.54) is 0 Å². The van der Waals surface area contributed by atoms with E-state index in [1.807, 2.05) is 13.8 Å². The second kappa shape index (κ2) is 5.73. The van der Waals surface area contributed by atoms with Crippen molar-refractivity contribution in [1.29, 1.82) is 0 Å². The molecule has 2 fully saturated rings. The fraction of sp³-hybridized carbons (Fsp3) is 0.526. The first-order valence-electron chi connectivity index (χ1n) is 8.58. The lowest BCUT2D eigenvalue weighted by Gasteiger charge is -2.40. The smallest absolute Gasteiger partial charge is 0.343 e. The summed E-state index contributed by atoms with van der Waals surface area (Å²) >= 11 is 6.09. The van der Waals surface area contributed by atoms with Gasteiger partial charge in [0.1, 0.15) is 5.57 Å². The van der Waals surface area contributed by atoms with E-state index in [9.17, 15) is 9.90 Å². The third-order valence-electron chi connectivity index (χ3n) is 5.54. The number of aliphatic hydroxyl groups excluding tert-OH is 1. The third-order valence-corrected chi connectivity index (χ3v) is 5.76. The molecule has 2 aliphatic heterocycles. The van der Waals surface area contributed by atoms with Crippen molar-refractivity contribution < 1.29 is 24.1 Å². The Balaban J connectivity index is 1.71. The summed E-state index contributed by atoms with van der Waals surface area (Å²) in [6.07, 6.45) is 2.16. The van der Waals surface area contributed by atoms with Crippen LogP contribution in [0.1, 0.15) is 42.4 Å². The van der Waals surface area contributed by atoms with Crippen LogP contribution in [-0.4, -0.2) is 35.7 Å². The summed E-state index contributed by atoms with van der Waals surface area (Å²) < 4.78 is 17.2. The van der Waals surface area contributed by atoms with Crippen molar-refractivity contribution >= 4 is 23.1 Å². The molecular weight excluding hydrogens is 344 g/mol. The van der Waals surface area contributed by atoms with Crippen LogP contribution in [0.2, 0.25) is 5.02 Å². The van der Waals surface area contributed by atoms with Gasteiger partial charge in [0.05, 0.1) is 13.2 Å². The molecule has 1 saturated heterocycles. The highest BCUT2D eigenvalue weighted by atomic mass is 35.5. The number of aryl methyl sites for hydroxylation is 2. The second-order valence-corrected chi connectivity index (χ2v) is 7.57. The van der Waals surface area contributed by atoms with Crippen LogP contribution in [0.4, 0.5) is 0 Å². The van der Waals surface area contributed by atoms with E-state index in [0.717, 1.165) is 11.1 Å². The number of hydrogen-bond acceptors (Lipinski definition) is 5. The lowest BCUT2D eigenvalue weighted by molar-refractivity contribution is -0.205. The van der Waals surface area contributed by atoms with Gasteiger partial charge in [0.15, 0.2) is 17.1 Å². The van der Waals surface area contributed by atoms with Crippen LogP contribution in [0.5, 0.6) is 0 Å². The second-order valence-electron chi connectivity index (χ2n) is 7.13. The Labute approximate surface area is 151 Å². The van der Waals surface area contributed by atoms with Crippen LogP contribution in [0, 0.1) is 13.8 Å². The van der Waals surface area contributed by atoms with Crippen LogP contribution in [0.25, 0.3) is 5.57 Å². The van der Waals surface area contributed by atoms with Gasteiger partial charge in [-0.25, -0.2) is 4.79 Å². The van der Waals surface area contributed by atoms with Gasteiger partial charge in [-0.15, -0.1) is 0 Å². The molecule has 25 heavy (non-hydrogen) atoms. The molecule has 5 nitrogen and oxygen atoms in total. The number of benzene rings is 1. The number of hydrogen-bond donors (Lipinski definition) is 1. The highest BCUT2D eigenvalue weighted by Crippen LogP contribution is 2.50. The van der Waals surface area contributed by atoms with Crippen molar-refractivity contribution in [2.24, 2.45) is 0 Å². The zero-order valence-corrected chi connectivity index (χ0v) is 15.1. The van der Waals surface area contributed by atoms with Gasteiger partial charge in [-0.1, -0.05) is 11.6 Å². The van der Waals surface area contributed by atoms with E-state index < -0.39 is 17.4 Å². The van der Waals surface area contributed by atoms with Crippen LogP contribution in [0.3, 0.4) is 0 Å². The minimum absolute atomic E-state index is 0.0267.